The maximum absolute atomic E-state index is 11.3. The van der Waals surface area contributed by atoms with Gasteiger partial charge in [0.25, 0.3) is 0 Å². The Labute approximate surface area is 158 Å². The number of aliphatic hydroxyl groups is 1. The lowest BCUT2D eigenvalue weighted by molar-refractivity contribution is -0.127. The van der Waals surface area contributed by atoms with E-state index in [1.807, 2.05) is 37.3 Å². The summed E-state index contributed by atoms with van der Waals surface area (Å²) in [5, 5.41) is 26.8. The molecule has 2 aromatic carbocycles. The van der Waals surface area contributed by atoms with Gasteiger partial charge >= 0.3 is 11.9 Å². The fraction of sp³-hybridized carbons (Fsp3) is 0.286. The number of rotatable bonds is 7. The number of carbonyl (C=O) groups excluding carboxylic acids is 1. The van der Waals surface area contributed by atoms with E-state index in [0.29, 0.717) is 18.4 Å². The van der Waals surface area contributed by atoms with Crippen molar-refractivity contribution >= 4 is 17.7 Å². The summed E-state index contributed by atoms with van der Waals surface area (Å²) in [6.07, 6.45) is 0.857. The molecular weight excluding hydrogens is 348 g/mol. The number of aromatic carboxylic acids is 2. The number of Topliss-reactive ketones (excluding diaryl/α,β-unsaturated/α-hetero) is 1. The fourth-order valence-corrected chi connectivity index (χ4v) is 2.39. The van der Waals surface area contributed by atoms with Crippen LogP contribution in [0.3, 0.4) is 0 Å². The highest BCUT2D eigenvalue weighted by Gasteiger charge is 2.13. The van der Waals surface area contributed by atoms with Gasteiger partial charge in [0.15, 0.2) is 5.78 Å². The Hall–Kier alpha value is -2.99. The second-order valence-corrected chi connectivity index (χ2v) is 6.12. The van der Waals surface area contributed by atoms with Gasteiger partial charge in [0.2, 0.25) is 0 Å². The van der Waals surface area contributed by atoms with Crippen LogP contribution < -0.4 is 0 Å². The first-order valence-corrected chi connectivity index (χ1v) is 8.57. The minimum atomic E-state index is -1.12. The van der Waals surface area contributed by atoms with E-state index < -0.39 is 18.0 Å². The highest BCUT2D eigenvalue weighted by molar-refractivity contribution is 5.94. The third kappa shape index (κ3) is 7.83. The second-order valence-electron chi connectivity index (χ2n) is 6.12. The molecule has 1 atom stereocenters. The molecule has 0 spiro atoms. The van der Waals surface area contributed by atoms with Gasteiger partial charge in [-0.1, -0.05) is 37.3 Å². The molecular formula is C21H24O6. The molecule has 144 valence electrons. The molecule has 0 aromatic heterocycles. The van der Waals surface area contributed by atoms with E-state index in [4.69, 9.17) is 10.2 Å². The Balaban J connectivity index is 0.000000271. The van der Waals surface area contributed by atoms with Gasteiger partial charge in [0.1, 0.15) is 6.10 Å². The predicted molar refractivity (Wildman–Crippen MR) is 101 cm³/mol. The van der Waals surface area contributed by atoms with E-state index in [-0.39, 0.29) is 16.9 Å². The topological polar surface area (TPSA) is 112 Å². The van der Waals surface area contributed by atoms with Crippen LogP contribution in [-0.2, 0) is 11.2 Å². The average Bonchev–Trinajstić information content (AvgIpc) is 2.62. The van der Waals surface area contributed by atoms with Gasteiger partial charge in [-0.3, -0.25) is 4.79 Å². The Kier molecular flexibility index (Phi) is 8.89. The summed E-state index contributed by atoms with van der Waals surface area (Å²) >= 11 is 0. The molecule has 0 radical (unpaired) electrons. The summed E-state index contributed by atoms with van der Waals surface area (Å²) in [7, 11) is 0. The van der Waals surface area contributed by atoms with Crippen molar-refractivity contribution in [2.75, 3.05) is 0 Å². The summed E-state index contributed by atoms with van der Waals surface area (Å²) < 4.78 is 0. The van der Waals surface area contributed by atoms with E-state index in [9.17, 15) is 19.5 Å². The Morgan fingerprint density at radius 3 is 1.89 bits per heavy atom. The molecule has 0 aliphatic rings. The maximum Gasteiger partial charge on any atom is 0.335 e. The van der Waals surface area contributed by atoms with Crippen molar-refractivity contribution in [3.8, 4) is 0 Å². The van der Waals surface area contributed by atoms with Crippen LogP contribution in [0.1, 0.15) is 51.6 Å². The highest BCUT2D eigenvalue weighted by atomic mass is 16.4. The van der Waals surface area contributed by atoms with Crippen LogP contribution in [-0.4, -0.2) is 39.1 Å². The van der Waals surface area contributed by atoms with E-state index >= 15 is 0 Å². The molecule has 27 heavy (non-hydrogen) atoms. The van der Waals surface area contributed by atoms with E-state index in [2.05, 4.69) is 0 Å². The fourth-order valence-electron chi connectivity index (χ4n) is 2.39. The third-order valence-electron chi connectivity index (χ3n) is 3.71. The van der Waals surface area contributed by atoms with Gasteiger partial charge in [-0.15, -0.1) is 0 Å². The van der Waals surface area contributed by atoms with Crippen molar-refractivity contribution in [1.82, 2.24) is 0 Å². The molecule has 0 bridgehead atoms. The average molecular weight is 372 g/mol. The molecule has 0 saturated heterocycles. The molecule has 0 aliphatic carbocycles. The van der Waals surface area contributed by atoms with Crippen molar-refractivity contribution in [2.45, 2.75) is 39.2 Å². The van der Waals surface area contributed by atoms with Crippen LogP contribution in [0.15, 0.2) is 48.5 Å². The summed E-state index contributed by atoms with van der Waals surface area (Å²) in [6.45, 7) is 3.59. The maximum atomic E-state index is 11.3. The number of hydrogen-bond donors (Lipinski definition) is 3. The van der Waals surface area contributed by atoms with Gasteiger partial charge in [-0.25, -0.2) is 9.59 Å². The van der Waals surface area contributed by atoms with Crippen molar-refractivity contribution in [1.29, 1.82) is 0 Å². The summed E-state index contributed by atoms with van der Waals surface area (Å²) in [6, 6.07) is 13.6. The van der Waals surface area contributed by atoms with E-state index in [1.165, 1.54) is 12.1 Å². The van der Waals surface area contributed by atoms with Gasteiger partial charge in [-0.2, -0.15) is 0 Å². The van der Waals surface area contributed by atoms with Crippen LogP contribution in [0.5, 0.6) is 0 Å². The van der Waals surface area contributed by atoms with Crippen LogP contribution in [0.25, 0.3) is 0 Å². The quantitative estimate of drug-likeness (QED) is 0.687. The standard InChI is InChI=1S/C12H16O2.C9H8O4/c1-2-6-11(13)12(14)9-10-7-4-3-5-8-10;1-5-2-6(8(10)11)4-7(3-5)9(12)13/h3-5,7-8,12,14H,2,6,9H2,1H3;2-4H,1H3,(H,10,11)(H,12,13). The molecule has 0 saturated carbocycles. The zero-order valence-electron chi connectivity index (χ0n) is 15.4. The molecule has 2 rings (SSSR count). The second kappa shape index (κ2) is 10.9. The predicted octanol–water partition coefficient (Wildman–Crippen LogP) is 3.35. The molecule has 0 fully saturated rings. The van der Waals surface area contributed by atoms with Crippen LogP contribution >= 0.6 is 0 Å². The minimum Gasteiger partial charge on any atom is -0.478 e. The zero-order chi connectivity index (χ0) is 20.4. The van der Waals surface area contributed by atoms with Crippen LogP contribution in [0.2, 0.25) is 0 Å². The van der Waals surface area contributed by atoms with E-state index in [1.54, 1.807) is 6.92 Å². The van der Waals surface area contributed by atoms with Gasteiger partial charge in [0.05, 0.1) is 11.1 Å². The van der Waals surface area contributed by atoms with Crippen LogP contribution in [0.4, 0.5) is 0 Å². The molecule has 1 unspecified atom stereocenters. The number of aliphatic hydroxyl groups excluding tert-OH is 1. The Morgan fingerprint density at radius 1 is 0.926 bits per heavy atom. The van der Waals surface area contributed by atoms with Gasteiger partial charge in [-0.05, 0) is 42.7 Å². The third-order valence-corrected chi connectivity index (χ3v) is 3.71. The molecule has 0 aliphatic heterocycles. The lowest BCUT2D eigenvalue weighted by Gasteiger charge is -2.08. The molecule has 6 nitrogen and oxygen atoms in total. The van der Waals surface area contributed by atoms with Crippen LogP contribution in [0, 0.1) is 6.92 Å². The largest absolute Gasteiger partial charge is 0.478 e. The first-order valence-electron chi connectivity index (χ1n) is 8.57. The molecule has 0 amide bonds. The number of hydrogen-bond acceptors (Lipinski definition) is 4. The van der Waals surface area contributed by atoms with Gasteiger partial charge < -0.3 is 15.3 Å². The number of carbonyl (C=O) groups is 3. The lowest BCUT2D eigenvalue weighted by Crippen LogP contribution is -2.22. The number of benzene rings is 2. The summed E-state index contributed by atoms with van der Waals surface area (Å²) in [5.41, 5.74) is 1.62. The number of ketones is 1. The zero-order valence-corrected chi connectivity index (χ0v) is 15.4. The van der Waals surface area contributed by atoms with Crippen molar-refractivity contribution in [3.63, 3.8) is 0 Å². The monoisotopic (exact) mass is 372 g/mol. The summed E-state index contributed by atoms with van der Waals surface area (Å²) in [5.74, 6) is -2.30. The number of carboxylic acids is 2. The minimum absolute atomic E-state index is 0.00241. The van der Waals surface area contributed by atoms with Crippen molar-refractivity contribution in [2.24, 2.45) is 0 Å². The first kappa shape index (κ1) is 22.1. The Bertz CT molecular complexity index is 750. The summed E-state index contributed by atoms with van der Waals surface area (Å²) in [4.78, 5) is 32.4. The van der Waals surface area contributed by atoms with Crippen molar-refractivity contribution in [3.05, 3.63) is 70.8 Å². The molecule has 3 N–H and O–H groups in total. The number of carboxylic acid groups (broad SMARTS) is 2. The Morgan fingerprint density at radius 2 is 1.44 bits per heavy atom. The molecule has 2 aromatic rings. The van der Waals surface area contributed by atoms with Crippen molar-refractivity contribution < 1.29 is 29.7 Å². The molecule has 6 heteroatoms. The SMILES string of the molecule is CCCC(=O)C(O)Cc1ccccc1.Cc1cc(C(=O)O)cc(C(=O)O)c1. The van der Waals surface area contributed by atoms with Gasteiger partial charge in [0, 0.05) is 12.8 Å². The first-order chi connectivity index (χ1) is 12.7. The molecule has 0 heterocycles. The highest BCUT2D eigenvalue weighted by Crippen LogP contribution is 2.09. The lowest BCUT2D eigenvalue weighted by atomic mass is 10.0. The smallest absolute Gasteiger partial charge is 0.335 e. The number of aryl methyl sites for hydroxylation is 1. The normalized spacial score (nSPS) is 11.1. The van der Waals surface area contributed by atoms with E-state index in [0.717, 1.165) is 18.1 Å².